The van der Waals surface area contributed by atoms with Gasteiger partial charge in [0.15, 0.2) is 17.7 Å². The van der Waals surface area contributed by atoms with Crippen LogP contribution < -0.4 is 5.73 Å². The van der Waals surface area contributed by atoms with Crippen LogP contribution >= 0.6 is 0 Å². The average molecular weight is 391 g/mol. The number of halogens is 1. The number of nitrogen functional groups attached to an aromatic ring is 1. The molecule has 0 bridgehead atoms. The van der Waals surface area contributed by atoms with E-state index in [0.717, 1.165) is 24.7 Å². The summed E-state index contributed by atoms with van der Waals surface area (Å²) in [6.45, 7) is 2.04. The van der Waals surface area contributed by atoms with Crippen LogP contribution in [0.1, 0.15) is 20.1 Å². The van der Waals surface area contributed by atoms with Gasteiger partial charge in [-0.1, -0.05) is 5.92 Å². The molecule has 0 aromatic carbocycles. The van der Waals surface area contributed by atoms with Crippen LogP contribution in [-0.4, -0.2) is 59.7 Å². The molecule has 0 amide bonds. The summed E-state index contributed by atoms with van der Waals surface area (Å²) < 4.78 is 31.9. The van der Waals surface area contributed by atoms with Crippen LogP contribution in [0, 0.1) is 12.3 Å². The summed E-state index contributed by atoms with van der Waals surface area (Å²) in [6, 6.07) is 0. The van der Waals surface area contributed by atoms with Crippen LogP contribution in [0.4, 0.5) is 10.2 Å². The van der Waals surface area contributed by atoms with Gasteiger partial charge in [0, 0.05) is 13.8 Å². The highest BCUT2D eigenvalue weighted by molar-refractivity contribution is 5.81. The Hall–Kier alpha value is -3.30. The van der Waals surface area contributed by atoms with Gasteiger partial charge < -0.3 is 25.1 Å². The molecule has 1 aliphatic carbocycles. The zero-order chi connectivity index (χ0) is 20.5. The molecule has 2 aliphatic rings. The third kappa shape index (κ3) is 1.92. The van der Waals surface area contributed by atoms with Crippen LogP contribution in [0.3, 0.4) is 0 Å². The molecule has 2 aromatic heterocycles. The van der Waals surface area contributed by atoms with E-state index in [9.17, 15) is 14.7 Å². The van der Waals surface area contributed by atoms with E-state index in [4.69, 9.17) is 26.4 Å². The number of alkyl halides is 1. The molecule has 146 valence electrons. The van der Waals surface area contributed by atoms with Gasteiger partial charge in [-0.05, 0) is 0 Å². The number of aromatic nitrogens is 4. The van der Waals surface area contributed by atoms with Crippen molar-refractivity contribution in [1.82, 2.24) is 19.5 Å². The largest absolute Gasteiger partial charge is 0.453 e. The lowest BCUT2D eigenvalue weighted by atomic mass is 9.93. The number of terminal acetylenes is 1. The molecule has 1 saturated heterocycles. The van der Waals surface area contributed by atoms with Crippen LogP contribution in [0.15, 0.2) is 12.7 Å². The number of esters is 2. The third-order valence-electron chi connectivity index (χ3n) is 4.79. The zero-order valence-corrected chi connectivity index (χ0v) is 14.6. The van der Waals surface area contributed by atoms with Crippen molar-refractivity contribution in [3.8, 4) is 12.3 Å². The molecule has 0 radical (unpaired) electrons. The van der Waals surface area contributed by atoms with Crippen molar-refractivity contribution in [3.05, 3.63) is 12.7 Å². The van der Waals surface area contributed by atoms with E-state index in [1.54, 1.807) is 0 Å². The second-order valence-electron chi connectivity index (χ2n) is 6.43. The summed E-state index contributed by atoms with van der Waals surface area (Å²) in [5.74, 6) is -2.57. The van der Waals surface area contributed by atoms with E-state index in [0.29, 0.717) is 0 Å². The first-order valence-electron chi connectivity index (χ1n) is 7.99. The minimum Gasteiger partial charge on any atom is -0.453 e. The van der Waals surface area contributed by atoms with Gasteiger partial charge in [0.05, 0.1) is 6.33 Å². The molecule has 4 rings (SSSR count). The van der Waals surface area contributed by atoms with Gasteiger partial charge in [-0.25, -0.2) is 19.3 Å². The molecule has 1 unspecified atom stereocenters. The van der Waals surface area contributed by atoms with Gasteiger partial charge >= 0.3 is 11.9 Å². The Morgan fingerprint density at radius 3 is 2.71 bits per heavy atom. The summed E-state index contributed by atoms with van der Waals surface area (Å²) >= 11 is 0. The fraction of sp³-hybridized carbons (Fsp3) is 0.438. The minimum absolute atomic E-state index is 0.0390. The predicted octanol–water partition coefficient (Wildman–Crippen LogP) is -0.785. The van der Waals surface area contributed by atoms with Crippen LogP contribution in [0.2, 0.25) is 0 Å². The Morgan fingerprint density at radius 2 is 2.11 bits per heavy atom. The maximum absolute atomic E-state index is 15.4. The number of nitrogens with two attached hydrogens (primary N) is 1. The molecule has 1 aliphatic heterocycles. The average Bonchev–Trinajstić information content (AvgIpc) is 2.93. The molecule has 11 nitrogen and oxygen atoms in total. The first-order chi connectivity index (χ1) is 13.1. The Bertz CT molecular complexity index is 1070. The number of carbonyl (C=O) groups is 2. The van der Waals surface area contributed by atoms with Gasteiger partial charge in [0.25, 0.3) is 11.5 Å². The summed E-state index contributed by atoms with van der Waals surface area (Å²) in [7, 11) is 0. The van der Waals surface area contributed by atoms with Crippen molar-refractivity contribution in [2.24, 2.45) is 0 Å². The second-order valence-corrected chi connectivity index (χ2v) is 6.43. The maximum Gasteiger partial charge on any atom is 0.304 e. The monoisotopic (exact) mass is 391 g/mol. The molecule has 5 atom stereocenters. The molecule has 3 heterocycles. The quantitative estimate of drug-likeness (QED) is 0.503. The van der Waals surface area contributed by atoms with E-state index in [-0.39, 0.29) is 17.0 Å². The summed E-state index contributed by atoms with van der Waals surface area (Å²) in [5, 5.41) is 11.0. The predicted molar refractivity (Wildman–Crippen MR) is 87.5 cm³/mol. The number of anilines is 1. The van der Waals surface area contributed by atoms with Gasteiger partial charge in [0.1, 0.15) is 11.8 Å². The van der Waals surface area contributed by atoms with Crippen molar-refractivity contribution in [2.45, 2.75) is 43.2 Å². The van der Waals surface area contributed by atoms with Crippen molar-refractivity contribution in [3.63, 3.8) is 0 Å². The molecular formula is C16H14FN5O6. The van der Waals surface area contributed by atoms with E-state index in [2.05, 4.69) is 20.9 Å². The molecule has 12 heteroatoms. The normalized spacial score (nSPS) is 35.8. The Kier molecular flexibility index (Phi) is 3.47. The van der Waals surface area contributed by atoms with Crippen molar-refractivity contribution in [2.75, 3.05) is 5.73 Å². The molecule has 2 aromatic rings. The highest BCUT2D eigenvalue weighted by Crippen LogP contribution is 2.70. The van der Waals surface area contributed by atoms with Crippen molar-refractivity contribution < 1.29 is 33.3 Å². The number of rotatable bonds is 3. The standard InChI is InChI=1S/C16H14FN5O6/c1-4-14(27-8(3)24)13(22-6-21-9-10(18)19-5-20-11(9)22)28-16(17)12(15(14,16)25)26-7(2)23/h1,5-6,12-13,25H,2-3H3,(H2,18,19,20)/t12?,13-,14+,15+,16-/m1/s1. The van der Waals surface area contributed by atoms with Crippen LogP contribution in [-0.2, 0) is 23.8 Å². The van der Waals surface area contributed by atoms with Crippen molar-refractivity contribution in [1.29, 1.82) is 0 Å². The summed E-state index contributed by atoms with van der Waals surface area (Å²) in [6.07, 6.45) is 4.51. The lowest BCUT2D eigenvalue weighted by molar-refractivity contribution is -0.200. The molecule has 28 heavy (non-hydrogen) atoms. The second kappa shape index (κ2) is 5.37. The van der Waals surface area contributed by atoms with Crippen molar-refractivity contribution >= 4 is 28.9 Å². The van der Waals surface area contributed by atoms with E-state index in [1.165, 1.54) is 6.33 Å². The highest BCUT2D eigenvalue weighted by Gasteiger charge is 2.99. The summed E-state index contributed by atoms with van der Waals surface area (Å²) in [4.78, 5) is 34.9. The lowest BCUT2D eigenvalue weighted by Gasteiger charge is -2.34. The first kappa shape index (κ1) is 18.1. The van der Waals surface area contributed by atoms with Gasteiger partial charge in [0.2, 0.25) is 11.7 Å². The van der Waals surface area contributed by atoms with E-state index >= 15 is 4.39 Å². The van der Waals surface area contributed by atoms with Crippen LogP contribution in [0.5, 0.6) is 0 Å². The smallest absolute Gasteiger partial charge is 0.304 e. The Balaban J connectivity index is 1.89. The van der Waals surface area contributed by atoms with E-state index < -0.39 is 41.3 Å². The Labute approximate surface area is 156 Å². The fourth-order valence-electron chi connectivity index (χ4n) is 3.59. The first-order valence-corrected chi connectivity index (χ1v) is 7.99. The zero-order valence-electron chi connectivity index (χ0n) is 14.6. The number of ether oxygens (including phenoxy) is 3. The number of imidazole rings is 1. The number of hydrogen-bond acceptors (Lipinski definition) is 10. The third-order valence-corrected chi connectivity index (χ3v) is 4.79. The Morgan fingerprint density at radius 1 is 1.39 bits per heavy atom. The SMILES string of the molecule is C#C[C@]1(OC(C)=O)[C@H](n2cnc3c(N)ncnc32)O[C@]2(F)C(OC(C)=O)[C@]12O. The molecular weight excluding hydrogens is 377 g/mol. The summed E-state index contributed by atoms with van der Waals surface area (Å²) in [5.41, 5.74) is 0.968. The maximum atomic E-state index is 15.4. The highest BCUT2D eigenvalue weighted by atomic mass is 19.2. The molecule has 2 fully saturated rings. The molecule has 3 N–H and O–H groups in total. The van der Waals surface area contributed by atoms with E-state index in [1.807, 2.05) is 0 Å². The topological polar surface area (TPSA) is 152 Å². The van der Waals surface area contributed by atoms with Gasteiger partial charge in [-0.15, -0.1) is 6.42 Å². The number of fused-ring (bicyclic) bond motifs is 2. The number of hydrogen-bond donors (Lipinski definition) is 2. The fourth-order valence-corrected chi connectivity index (χ4v) is 3.59. The van der Waals surface area contributed by atoms with Gasteiger partial charge in [-0.2, -0.15) is 0 Å². The lowest BCUT2D eigenvalue weighted by Crippen LogP contribution is -2.53. The number of carbonyl (C=O) groups excluding carboxylic acids is 2. The van der Waals surface area contributed by atoms with Gasteiger partial charge in [-0.3, -0.25) is 14.2 Å². The number of aliphatic hydroxyl groups is 1. The minimum atomic E-state index is -2.92. The molecule has 0 spiro atoms. The molecule has 1 saturated carbocycles. The van der Waals surface area contributed by atoms with Crippen LogP contribution in [0.25, 0.3) is 11.2 Å². The number of nitrogens with zero attached hydrogens (tertiary/aromatic N) is 4.